The molecule has 0 N–H and O–H groups in total. The Kier molecular flexibility index (Phi) is 2.83. The molecule has 1 aromatic heterocycles. The SMILES string of the molecule is Cc1cc(-c2ccccc2)c2c(sc3ccccc32)c1C. The molecule has 0 aliphatic rings. The lowest BCUT2D eigenvalue weighted by molar-refractivity contribution is 1.39. The van der Waals surface area contributed by atoms with Crippen molar-refractivity contribution in [1.82, 2.24) is 0 Å². The van der Waals surface area contributed by atoms with E-state index in [1.807, 2.05) is 11.3 Å². The summed E-state index contributed by atoms with van der Waals surface area (Å²) in [5.74, 6) is 0. The van der Waals surface area contributed by atoms with E-state index < -0.39 is 0 Å². The summed E-state index contributed by atoms with van der Waals surface area (Å²) in [5.41, 5.74) is 5.43. The molecule has 0 unspecified atom stereocenters. The second-order valence-corrected chi connectivity index (χ2v) is 6.59. The largest absolute Gasteiger partial charge is 0.135 e. The zero-order chi connectivity index (χ0) is 14.4. The third kappa shape index (κ3) is 1.89. The van der Waals surface area contributed by atoms with Gasteiger partial charge in [0.2, 0.25) is 0 Å². The molecule has 0 radical (unpaired) electrons. The van der Waals surface area contributed by atoms with Crippen LogP contribution in [-0.4, -0.2) is 0 Å². The van der Waals surface area contributed by atoms with Crippen LogP contribution in [0.2, 0.25) is 0 Å². The van der Waals surface area contributed by atoms with Crippen LogP contribution in [0.1, 0.15) is 11.1 Å². The van der Waals surface area contributed by atoms with Crippen LogP contribution in [0.15, 0.2) is 60.7 Å². The lowest BCUT2D eigenvalue weighted by atomic mass is 9.95. The van der Waals surface area contributed by atoms with Crippen molar-refractivity contribution in [3.05, 3.63) is 71.8 Å². The van der Waals surface area contributed by atoms with Crippen molar-refractivity contribution in [1.29, 1.82) is 0 Å². The van der Waals surface area contributed by atoms with Gasteiger partial charge in [0.25, 0.3) is 0 Å². The Morgan fingerprint density at radius 3 is 2.33 bits per heavy atom. The Hall–Kier alpha value is -2.12. The van der Waals surface area contributed by atoms with Gasteiger partial charge in [-0.2, -0.15) is 0 Å². The predicted octanol–water partition coefficient (Wildman–Crippen LogP) is 6.34. The second-order valence-electron chi connectivity index (χ2n) is 5.53. The van der Waals surface area contributed by atoms with E-state index in [1.165, 1.54) is 42.4 Å². The predicted molar refractivity (Wildman–Crippen MR) is 94.2 cm³/mol. The molecule has 0 nitrogen and oxygen atoms in total. The van der Waals surface area contributed by atoms with Crippen LogP contribution in [0.3, 0.4) is 0 Å². The third-order valence-electron chi connectivity index (χ3n) is 4.24. The smallest absolute Gasteiger partial charge is 0.0393 e. The zero-order valence-corrected chi connectivity index (χ0v) is 13.0. The van der Waals surface area contributed by atoms with E-state index in [4.69, 9.17) is 0 Å². The summed E-state index contributed by atoms with van der Waals surface area (Å²) in [6.07, 6.45) is 0. The molecule has 3 aromatic carbocycles. The van der Waals surface area contributed by atoms with Gasteiger partial charge in [0, 0.05) is 20.2 Å². The number of fused-ring (bicyclic) bond motifs is 3. The monoisotopic (exact) mass is 288 g/mol. The minimum absolute atomic E-state index is 1.30. The van der Waals surface area contributed by atoms with Crippen molar-refractivity contribution in [2.75, 3.05) is 0 Å². The average molecular weight is 288 g/mol. The van der Waals surface area contributed by atoms with Gasteiger partial charge >= 0.3 is 0 Å². The van der Waals surface area contributed by atoms with Crippen LogP contribution >= 0.6 is 11.3 Å². The molecular formula is C20H16S. The summed E-state index contributed by atoms with van der Waals surface area (Å²) >= 11 is 1.91. The highest BCUT2D eigenvalue weighted by molar-refractivity contribution is 7.26. The van der Waals surface area contributed by atoms with E-state index >= 15 is 0 Å². The average Bonchev–Trinajstić information content (AvgIpc) is 2.91. The van der Waals surface area contributed by atoms with Gasteiger partial charge in [-0.05, 0) is 42.2 Å². The fraction of sp³-hybridized carbons (Fsp3) is 0.100. The summed E-state index contributed by atoms with van der Waals surface area (Å²) < 4.78 is 2.80. The molecule has 21 heavy (non-hydrogen) atoms. The number of rotatable bonds is 1. The van der Waals surface area contributed by atoms with Gasteiger partial charge < -0.3 is 0 Å². The van der Waals surface area contributed by atoms with Crippen molar-refractivity contribution in [2.45, 2.75) is 13.8 Å². The van der Waals surface area contributed by atoms with Crippen molar-refractivity contribution in [3.8, 4) is 11.1 Å². The Balaban J connectivity index is 2.23. The Bertz CT molecular complexity index is 946. The highest BCUT2D eigenvalue weighted by atomic mass is 32.1. The molecule has 0 spiro atoms. The van der Waals surface area contributed by atoms with E-state index in [0.717, 1.165) is 0 Å². The van der Waals surface area contributed by atoms with Gasteiger partial charge in [-0.1, -0.05) is 54.6 Å². The van der Waals surface area contributed by atoms with Gasteiger partial charge in [-0.25, -0.2) is 0 Å². The fourth-order valence-electron chi connectivity index (χ4n) is 3.00. The van der Waals surface area contributed by atoms with Gasteiger partial charge in [0.05, 0.1) is 0 Å². The minimum atomic E-state index is 1.30. The van der Waals surface area contributed by atoms with E-state index in [-0.39, 0.29) is 0 Å². The second kappa shape index (κ2) is 4.71. The molecule has 4 aromatic rings. The van der Waals surface area contributed by atoms with Crippen molar-refractivity contribution in [2.24, 2.45) is 0 Å². The molecule has 0 atom stereocenters. The molecule has 0 aliphatic carbocycles. The summed E-state index contributed by atoms with van der Waals surface area (Å²) in [7, 11) is 0. The molecule has 0 fully saturated rings. The number of benzene rings is 3. The topological polar surface area (TPSA) is 0 Å². The number of hydrogen-bond donors (Lipinski definition) is 0. The maximum Gasteiger partial charge on any atom is 0.0393 e. The molecule has 4 rings (SSSR count). The molecule has 0 saturated heterocycles. The number of thiophene rings is 1. The number of aryl methyl sites for hydroxylation is 2. The Labute approximate surface area is 128 Å². The quantitative estimate of drug-likeness (QED) is 0.383. The standard InChI is InChI=1S/C20H16S/c1-13-12-17(15-8-4-3-5-9-15)19-16-10-6-7-11-18(16)21-20(19)14(13)2/h3-12H,1-2H3. The first-order chi connectivity index (χ1) is 10.3. The summed E-state index contributed by atoms with van der Waals surface area (Å²) in [5, 5.41) is 2.78. The summed E-state index contributed by atoms with van der Waals surface area (Å²) in [4.78, 5) is 0. The first kappa shape index (κ1) is 12.6. The van der Waals surface area contributed by atoms with E-state index in [9.17, 15) is 0 Å². The lowest BCUT2D eigenvalue weighted by Gasteiger charge is -2.09. The number of hydrogen-bond acceptors (Lipinski definition) is 1. The van der Waals surface area contributed by atoms with Crippen LogP contribution < -0.4 is 0 Å². The third-order valence-corrected chi connectivity index (χ3v) is 5.53. The van der Waals surface area contributed by atoms with Crippen LogP contribution in [0.25, 0.3) is 31.3 Å². The van der Waals surface area contributed by atoms with Gasteiger partial charge in [0.15, 0.2) is 0 Å². The van der Waals surface area contributed by atoms with Crippen molar-refractivity contribution in [3.63, 3.8) is 0 Å². The Morgan fingerprint density at radius 2 is 1.52 bits per heavy atom. The molecule has 102 valence electrons. The van der Waals surface area contributed by atoms with E-state index in [0.29, 0.717) is 0 Å². The summed E-state index contributed by atoms with van der Waals surface area (Å²) in [6.45, 7) is 4.45. The van der Waals surface area contributed by atoms with E-state index in [1.54, 1.807) is 0 Å². The molecule has 0 saturated carbocycles. The molecular weight excluding hydrogens is 272 g/mol. The first-order valence-corrected chi connectivity index (χ1v) is 8.04. The van der Waals surface area contributed by atoms with Crippen molar-refractivity contribution < 1.29 is 0 Å². The molecule has 1 heteroatoms. The molecule has 0 aliphatic heterocycles. The first-order valence-electron chi connectivity index (χ1n) is 7.22. The van der Waals surface area contributed by atoms with Crippen LogP contribution in [0.4, 0.5) is 0 Å². The highest BCUT2D eigenvalue weighted by Crippen LogP contribution is 2.42. The molecule has 0 bridgehead atoms. The normalized spacial score (nSPS) is 11.3. The van der Waals surface area contributed by atoms with Crippen LogP contribution in [0.5, 0.6) is 0 Å². The van der Waals surface area contributed by atoms with Gasteiger partial charge in [-0.15, -0.1) is 11.3 Å². The Morgan fingerprint density at radius 1 is 0.810 bits per heavy atom. The maximum absolute atomic E-state index is 2.34. The fourth-order valence-corrected chi connectivity index (χ4v) is 4.28. The van der Waals surface area contributed by atoms with Gasteiger partial charge in [0.1, 0.15) is 0 Å². The molecule has 1 heterocycles. The minimum Gasteiger partial charge on any atom is -0.135 e. The lowest BCUT2D eigenvalue weighted by Crippen LogP contribution is -1.86. The maximum atomic E-state index is 2.34. The highest BCUT2D eigenvalue weighted by Gasteiger charge is 2.14. The van der Waals surface area contributed by atoms with Crippen molar-refractivity contribution >= 4 is 31.5 Å². The molecule has 0 amide bonds. The zero-order valence-electron chi connectivity index (χ0n) is 12.2. The summed E-state index contributed by atoms with van der Waals surface area (Å²) in [6, 6.07) is 21.8. The van der Waals surface area contributed by atoms with Gasteiger partial charge in [-0.3, -0.25) is 0 Å². The van der Waals surface area contributed by atoms with Crippen LogP contribution in [-0.2, 0) is 0 Å². The van der Waals surface area contributed by atoms with E-state index in [2.05, 4.69) is 74.5 Å². The van der Waals surface area contributed by atoms with Crippen LogP contribution in [0, 0.1) is 13.8 Å².